The van der Waals surface area contributed by atoms with E-state index in [1.165, 1.54) is 48.5 Å². The zero-order chi connectivity index (χ0) is 17.7. The van der Waals surface area contributed by atoms with Crippen LogP contribution in [0.5, 0.6) is 0 Å². The number of non-ortho nitro benzene ring substituents is 1. The highest BCUT2D eigenvalue weighted by Gasteiger charge is 2.13. The van der Waals surface area contributed by atoms with Gasteiger partial charge in [0.05, 0.1) is 4.92 Å². The van der Waals surface area contributed by atoms with Crippen molar-refractivity contribution in [1.29, 1.82) is 0 Å². The number of nitrogens with two attached hydrogens (primary N) is 1. The molecule has 0 atom stereocenters. The first kappa shape index (κ1) is 17.0. The van der Waals surface area contributed by atoms with Crippen molar-refractivity contribution in [1.82, 2.24) is 10.9 Å². The lowest BCUT2D eigenvalue weighted by atomic mass is 10.0. The minimum atomic E-state index is -0.539. The molecule has 0 unspecified atom stereocenters. The molecule has 1 amide bonds. The molecule has 0 saturated heterocycles. The van der Waals surface area contributed by atoms with Gasteiger partial charge in [0.15, 0.2) is 10.9 Å². The maximum atomic E-state index is 12.3. The van der Waals surface area contributed by atoms with E-state index in [1.807, 2.05) is 0 Å². The highest BCUT2D eigenvalue weighted by atomic mass is 32.1. The number of nitrogens with one attached hydrogen (secondary N) is 2. The molecule has 2 aromatic rings. The molecule has 0 spiro atoms. The number of benzene rings is 2. The largest absolute Gasteiger partial charge is 0.375 e. The van der Waals surface area contributed by atoms with Gasteiger partial charge >= 0.3 is 0 Å². The number of nitro benzene ring substituents is 1. The quantitative estimate of drug-likeness (QED) is 0.330. The number of hydrazine groups is 1. The number of thiocarbonyl (C=S) groups is 1. The fraction of sp³-hybridized carbons (Fsp3) is 0. The van der Waals surface area contributed by atoms with Crippen LogP contribution >= 0.6 is 12.2 Å². The summed E-state index contributed by atoms with van der Waals surface area (Å²) in [5.74, 6) is -0.768. The van der Waals surface area contributed by atoms with E-state index in [1.54, 1.807) is 0 Å². The van der Waals surface area contributed by atoms with Gasteiger partial charge in [-0.15, -0.1) is 0 Å². The Hall–Kier alpha value is -3.33. The molecule has 0 aliphatic heterocycles. The van der Waals surface area contributed by atoms with Crippen molar-refractivity contribution in [2.75, 3.05) is 0 Å². The molecule has 0 heterocycles. The van der Waals surface area contributed by atoms with Crippen molar-refractivity contribution in [2.45, 2.75) is 0 Å². The average Bonchev–Trinajstić information content (AvgIpc) is 2.59. The Bertz CT molecular complexity index is 803. The van der Waals surface area contributed by atoms with E-state index in [0.717, 1.165) is 0 Å². The molecule has 0 fully saturated rings. The normalized spacial score (nSPS) is 9.83. The van der Waals surface area contributed by atoms with Crippen LogP contribution in [0.25, 0.3) is 0 Å². The topological polar surface area (TPSA) is 127 Å². The second-order valence-corrected chi connectivity index (χ2v) is 5.09. The zero-order valence-corrected chi connectivity index (χ0v) is 13.0. The van der Waals surface area contributed by atoms with Crippen molar-refractivity contribution in [2.24, 2.45) is 5.73 Å². The molecular weight excluding hydrogens is 332 g/mol. The first-order chi connectivity index (χ1) is 11.4. The fourth-order valence-electron chi connectivity index (χ4n) is 1.86. The predicted octanol–water partition coefficient (Wildman–Crippen LogP) is 1.30. The van der Waals surface area contributed by atoms with Crippen LogP contribution in [-0.2, 0) is 0 Å². The summed E-state index contributed by atoms with van der Waals surface area (Å²) in [7, 11) is 0. The monoisotopic (exact) mass is 344 g/mol. The van der Waals surface area contributed by atoms with Gasteiger partial charge < -0.3 is 5.73 Å². The molecule has 2 rings (SSSR count). The van der Waals surface area contributed by atoms with Gasteiger partial charge in [-0.1, -0.05) is 12.1 Å². The summed E-state index contributed by atoms with van der Waals surface area (Å²) in [6.07, 6.45) is 0. The number of rotatable bonds is 4. The molecule has 0 saturated carbocycles. The Morgan fingerprint density at radius 1 is 0.917 bits per heavy atom. The van der Waals surface area contributed by atoms with Gasteiger partial charge in [-0.25, -0.2) is 0 Å². The van der Waals surface area contributed by atoms with Gasteiger partial charge in [0.2, 0.25) is 0 Å². The Balaban J connectivity index is 2.12. The summed E-state index contributed by atoms with van der Waals surface area (Å²) >= 11 is 4.56. The van der Waals surface area contributed by atoms with E-state index in [2.05, 4.69) is 23.1 Å². The van der Waals surface area contributed by atoms with Crippen LogP contribution in [0, 0.1) is 10.1 Å². The van der Waals surface area contributed by atoms with E-state index in [9.17, 15) is 19.7 Å². The molecule has 0 radical (unpaired) electrons. The number of hydrogen-bond donors (Lipinski definition) is 3. The van der Waals surface area contributed by atoms with E-state index >= 15 is 0 Å². The highest BCUT2D eigenvalue weighted by molar-refractivity contribution is 7.80. The van der Waals surface area contributed by atoms with Crippen molar-refractivity contribution in [3.05, 3.63) is 75.3 Å². The molecule has 0 aliphatic carbocycles. The third-order valence-electron chi connectivity index (χ3n) is 3.05. The number of amides is 1. The second kappa shape index (κ2) is 7.29. The molecular formula is C15H12N4O4S. The Labute approximate surface area is 141 Å². The van der Waals surface area contributed by atoms with Gasteiger partial charge in [-0.3, -0.25) is 30.6 Å². The van der Waals surface area contributed by atoms with E-state index in [-0.39, 0.29) is 16.6 Å². The lowest BCUT2D eigenvalue weighted by molar-refractivity contribution is -0.384. The van der Waals surface area contributed by atoms with Gasteiger partial charge in [-0.05, 0) is 36.5 Å². The minimum absolute atomic E-state index is 0.0756. The van der Waals surface area contributed by atoms with E-state index in [0.29, 0.717) is 16.7 Å². The van der Waals surface area contributed by atoms with Crippen LogP contribution in [0.2, 0.25) is 0 Å². The van der Waals surface area contributed by atoms with E-state index in [4.69, 9.17) is 5.73 Å². The number of ketones is 1. The molecule has 9 heteroatoms. The summed E-state index contributed by atoms with van der Waals surface area (Å²) in [4.78, 5) is 34.1. The Morgan fingerprint density at radius 2 is 1.38 bits per heavy atom. The number of hydrogen-bond acceptors (Lipinski definition) is 5. The molecule has 0 bridgehead atoms. The van der Waals surface area contributed by atoms with Gasteiger partial charge in [-0.2, -0.15) is 0 Å². The first-order valence-corrected chi connectivity index (χ1v) is 7.04. The summed E-state index contributed by atoms with van der Waals surface area (Å²) in [5, 5.41) is 10.5. The van der Waals surface area contributed by atoms with Crippen LogP contribution in [-0.4, -0.2) is 21.7 Å². The highest BCUT2D eigenvalue weighted by Crippen LogP contribution is 2.16. The van der Waals surface area contributed by atoms with Crippen molar-refractivity contribution in [3.63, 3.8) is 0 Å². The zero-order valence-electron chi connectivity index (χ0n) is 12.2. The molecule has 4 N–H and O–H groups in total. The van der Waals surface area contributed by atoms with Crippen LogP contribution < -0.4 is 16.6 Å². The smallest absolute Gasteiger partial charge is 0.269 e. The Kier molecular flexibility index (Phi) is 5.17. The number of nitro groups is 1. The lowest BCUT2D eigenvalue weighted by Gasteiger charge is -2.07. The third-order valence-corrected chi connectivity index (χ3v) is 3.15. The fourth-order valence-corrected chi connectivity index (χ4v) is 1.92. The maximum absolute atomic E-state index is 12.3. The van der Waals surface area contributed by atoms with Crippen molar-refractivity contribution >= 4 is 34.7 Å². The van der Waals surface area contributed by atoms with Crippen LogP contribution in [0.15, 0.2) is 48.5 Å². The van der Waals surface area contributed by atoms with Crippen molar-refractivity contribution in [3.8, 4) is 0 Å². The summed E-state index contributed by atoms with van der Waals surface area (Å²) in [5.41, 5.74) is 10.7. The molecule has 122 valence electrons. The average molecular weight is 344 g/mol. The Morgan fingerprint density at radius 3 is 1.83 bits per heavy atom. The van der Waals surface area contributed by atoms with Crippen molar-refractivity contribution < 1.29 is 14.5 Å². The maximum Gasteiger partial charge on any atom is 0.269 e. The number of carbonyl (C=O) groups excluding carboxylic acids is 2. The van der Waals surface area contributed by atoms with Gasteiger partial charge in [0.25, 0.3) is 11.6 Å². The summed E-state index contributed by atoms with van der Waals surface area (Å²) < 4.78 is 0. The van der Waals surface area contributed by atoms with Crippen LogP contribution in [0.1, 0.15) is 26.3 Å². The third kappa shape index (κ3) is 4.11. The first-order valence-electron chi connectivity index (χ1n) is 6.63. The van der Waals surface area contributed by atoms with Crippen LogP contribution in [0.4, 0.5) is 5.69 Å². The molecule has 8 nitrogen and oxygen atoms in total. The summed E-state index contributed by atoms with van der Waals surface area (Å²) in [6.45, 7) is 0. The molecule has 0 aromatic heterocycles. The summed E-state index contributed by atoms with van der Waals surface area (Å²) in [6, 6.07) is 11.2. The number of nitrogens with zero attached hydrogens (tertiary/aromatic N) is 1. The SMILES string of the molecule is NC(=S)NNC(=O)c1ccc(C(=O)c2ccc([N+](=O)[O-])cc2)cc1. The van der Waals surface area contributed by atoms with E-state index < -0.39 is 10.8 Å². The van der Waals surface area contributed by atoms with Gasteiger partial charge in [0.1, 0.15) is 0 Å². The lowest BCUT2D eigenvalue weighted by Crippen LogP contribution is -2.44. The molecule has 0 aliphatic rings. The minimum Gasteiger partial charge on any atom is -0.375 e. The predicted molar refractivity (Wildman–Crippen MR) is 90.4 cm³/mol. The van der Waals surface area contributed by atoms with Gasteiger partial charge in [0, 0.05) is 28.8 Å². The number of carbonyl (C=O) groups is 2. The molecule has 2 aromatic carbocycles. The second-order valence-electron chi connectivity index (χ2n) is 4.65. The molecule has 24 heavy (non-hydrogen) atoms. The van der Waals surface area contributed by atoms with Crippen LogP contribution in [0.3, 0.4) is 0 Å². The standard InChI is InChI=1S/C15H12N4O4S/c16-15(24)18-17-14(21)11-3-1-9(2-4-11)13(20)10-5-7-12(8-6-10)19(22)23/h1-8H,(H,17,21)(H3,16,18,24).